The molecule has 7 nitrogen and oxygen atoms in total. The van der Waals surface area contributed by atoms with E-state index in [1.807, 2.05) is 0 Å². The van der Waals surface area contributed by atoms with E-state index in [2.05, 4.69) is 0 Å². The highest BCUT2D eigenvalue weighted by atomic mass is 19.1. The molecule has 0 radical (unpaired) electrons. The van der Waals surface area contributed by atoms with Crippen molar-refractivity contribution >= 4 is 17.6 Å². The van der Waals surface area contributed by atoms with Crippen LogP contribution in [0, 0.1) is 22.9 Å². The lowest BCUT2D eigenvalue weighted by atomic mass is 10.1. The molecular weight excluding hydrogens is 283 g/mol. The first-order valence-electron chi connectivity index (χ1n) is 6.15. The Kier molecular flexibility index (Phi) is 5.34. The number of hydrogen-bond donors (Lipinski definition) is 1. The minimum atomic E-state index is -0.992. The molecule has 0 fully saturated rings. The van der Waals surface area contributed by atoms with Gasteiger partial charge >= 0.3 is 5.97 Å². The predicted molar refractivity (Wildman–Crippen MR) is 71.6 cm³/mol. The number of amides is 1. The third-order valence-electron chi connectivity index (χ3n) is 2.91. The van der Waals surface area contributed by atoms with E-state index in [0.29, 0.717) is 0 Å². The third-order valence-corrected chi connectivity index (χ3v) is 2.91. The van der Waals surface area contributed by atoms with Gasteiger partial charge in [-0.3, -0.25) is 19.7 Å². The number of non-ortho nitro benzene ring substituents is 1. The number of rotatable bonds is 6. The molecule has 0 aliphatic carbocycles. The number of aliphatic carboxylic acids is 1. The van der Waals surface area contributed by atoms with Crippen molar-refractivity contribution in [1.29, 1.82) is 0 Å². The van der Waals surface area contributed by atoms with Crippen LogP contribution in [0.4, 0.5) is 10.1 Å². The van der Waals surface area contributed by atoms with Gasteiger partial charge < -0.3 is 10.0 Å². The Labute approximate surface area is 120 Å². The smallest absolute Gasteiger partial charge is 0.303 e. The van der Waals surface area contributed by atoms with Crippen LogP contribution in [0.1, 0.15) is 28.8 Å². The van der Waals surface area contributed by atoms with Crippen molar-refractivity contribution < 1.29 is 24.0 Å². The van der Waals surface area contributed by atoms with Crippen LogP contribution in [-0.2, 0) is 4.79 Å². The number of nitro benzene ring substituents is 1. The normalized spacial score (nSPS) is 10.2. The van der Waals surface area contributed by atoms with Crippen LogP contribution >= 0.6 is 0 Å². The molecule has 0 spiro atoms. The highest BCUT2D eigenvalue weighted by Crippen LogP contribution is 2.22. The van der Waals surface area contributed by atoms with Gasteiger partial charge in [-0.2, -0.15) is 0 Å². The Balaban J connectivity index is 2.95. The summed E-state index contributed by atoms with van der Waals surface area (Å²) in [6, 6.07) is 1.94. The van der Waals surface area contributed by atoms with Crippen molar-refractivity contribution in [2.75, 3.05) is 13.6 Å². The SMILES string of the molecule is Cc1cc([N+](=O)[O-])cc(C(=O)N(C)CCCC(=O)O)c1F. The highest BCUT2D eigenvalue weighted by molar-refractivity contribution is 5.95. The number of nitrogens with zero attached hydrogens (tertiary/aromatic N) is 2. The van der Waals surface area contributed by atoms with E-state index in [1.54, 1.807) is 0 Å². The van der Waals surface area contributed by atoms with Crippen molar-refractivity contribution in [2.45, 2.75) is 19.8 Å². The number of carbonyl (C=O) groups excluding carboxylic acids is 1. The minimum Gasteiger partial charge on any atom is -0.481 e. The fourth-order valence-corrected chi connectivity index (χ4v) is 1.79. The second kappa shape index (κ2) is 6.78. The first kappa shape index (κ1) is 16.5. The van der Waals surface area contributed by atoms with Crippen LogP contribution in [-0.4, -0.2) is 40.4 Å². The van der Waals surface area contributed by atoms with Gasteiger partial charge in [-0.05, 0) is 18.9 Å². The Morgan fingerprint density at radius 1 is 1.43 bits per heavy atom. The first-order valence-corrected chi connectivity index (χ1v) is 6.15. The Morgan fingerprint density at radius 3 is 2.57 bits per heavy atom. The first-order chi connectivity index (χ1) is 9.73. The molecule has 0 heterocycles. The van der Waals surface area contributed by atoms with Crippen molar-refractivity contribution in [2.24, 2.45) is 0 Å². The lowest BCUT2D eigenvalue weighted by Gasteiger charge is -2.17. The van der Waals surface area contributed by atoms with E-state index < -0.39 is 22.6 Å². The van der Waals surface area contributed by atoms with E-state index in [9.17, 15) is 24.1 Å². The van der Waals surface area contributed by atoms with Crippen LogP contribution in [0.2, 0.25) is 0 Å². The third kappa shape index (κ3) is 4.23. The van der Waals surface area contributed by atoms with Gasteiger partial charge in [0.1, 0.15) is 5.82 Å². The van der Waals surface area contributed by atoms with Gasteiger partial charge in [0.15, 0.2) is 0 Å². The molecule has 1 rings (SSSR count). The number of carboxylic acid groups (broad SMARTS) is 1. The fourth-order valence-electron chi connectivity index (χ4n) is 1.79. The number of carboxylic acids is 1. The second-order valence-corrected chi connectivity index (χ2v) is 4.61. The lowest BCUT2D eigenvalue weighted by Crippen LogP contribution is -2.29. The maximum Gasteiger partial charge on any atom is 0.303 e. The molecule has 0 aliphatic rings. The van der Waals surface area contributed by atoms with Crippen LogP contribution in [0.15, 0.2) is 12.1 Å². The molecular formula is C13H15FN2O5. The van der Waals surface area contributed by atoms with Crippen molar-refractivity contribution in [3.8, 4) is 0 Å². The van der Waals surface area contributed by atoms with Gasteiger partial charge in [0.25, 0.3) is 11.6 Å². The second-order valence-electron chi connectivity index (χ2n) is 4.61. The van der Waals surface area contributed by atoms with Gasteiger partial charge in [0.2, 0.25) is 0 Å². The number of halogens is 1. The molecule has 114 valence electrons. The van der Waals surface area contributed by atoms with Crippen molar-refractivity contribution in [3.05, 3.63) is 39.2 Å². The summed E-state index contributed by atoms with van der Waals surface area (Å²) in [5.41, 5.74) is -0.748. The number of hydrogen-bond acceptors (Lipinski definition) is 4. The maximum absolute atomic E-state index is 13.9. The summed E-state index contributed by atoms with van der Waals surface area (Å²) in [4.78, 5) is 33.7. The molecule has 0 unspecified atom stereocenters. The topological polar surface area (TPSA) is 101 Å². The van der Waals surface area contributed by atoms with Crippen molar-refractivity contribution in [3.63, 3.8) is 0 Å². The quantitative estimate of drug-likeness (QED) is 0.639. The predicted octanol–water partition coefficient (Wildman–Crippen LogP) is 1.98. The van der Waals surface area contributed by atoms with E-state index in [-0.39, 0.29) is 36.2 Å². The summed E-state index contributed by atoms with van der Waals surface area (Å²) in [7, 11) is 1.39. The summed E-state index contributed by atoms with van der Waals surface area (Å²) in [6.07, 6.45) is 0.0984. The molecule has 1 N–H and O–H groups in total. The van der Waals surface area contributed by atoms with E-state index >= 15 is 0 Å². The number of aryl methyl sites for hydroxylation is 1. The zero-order valence-corrected chi connectivity index (χ0v) is 11.6. The average molecular weight is 298 g/mol. The van der Waals surface area contributed by atoms with E-state index in [4.69, 9.17) is 5.11 Å². The molecule has 0 bridgehead atoms. The Hall–Kier alpha value is -2.51. The Morgan fingerprint density at radius 2 is 2.05 bits per heavy atom. The maximum atomic E-state index is 13.9. The van der Waals surface area contributed by atoms with Crippen LogP contribution < -0.4 is 0 Å². The molecule has 8 heteroatoms. The molecule has 1 amide bonds. The number of carbonyl (C=O) groups is 2. The summed E-state index contributed by atoms with van der Waals surface area (Å²) >= 11 is 0. The molecule has 0 saturated heterocycles. The monoisotopic (exact) mass is 298 g/mol. The van der Waals surface area contributed by atoms with Crippen LogP contribution in [0.25, 0.3) is 0 Å². The van der Waals surface area contributed by atoms with Crippen LogP contribution in [0.3, 0.4) is 0 Å². The van der Waals surface area contributed by atoms with Gasteiger partial charge in [0.05, 0.1) is 10.5 Å². The zero-order valence-electron chi connectivity index (χ0n) is 11.6. The summed E-state index contributed by atoms with van der Waals surface area (Å²) in [6.45, 7) is 1.45. The van der Waals surface area contributed by atoms with Gasteiger partial charge in [-0.1, -0.05) is 0 Å². The molecule has 21 heavy (non-hydrogen) atoms. The molecule has 1 aromatic carbocycles. The van der Waals surface area contributed by atoms with Crippen molar-refractivity contribution in [1.82, 2.24) is 4.90 Å². The minimum absolute atomic E-state index is 0.00601. The fraction of sp³-hybridized carbons (Fsp3) is 0.385. The molecule has 0 saturated carbocycles. The molecule has 0 aliphatic heterocycles. The van der Waals surface area contributed by atoms with E-state index in [0.717, 1.165) is 17.0 Å². The van der Waals surface area contributed by atoms with Gasteiger partial charge in [0, 0.05) is 32.1 Å². The number of benzene rings is 1. The summed E-state index contributed by atoms with van der Waals surface area (Å²) < 4.78 is 13.9. The highest BCUT2D eigenvalue weighted by Gasteiger charge is 2.22. The van der Waals surface area contributed by atoms with Crippen LogP contribution in [0.5, 0.6) is 0 Å². The Bertz CT molecular complexity index is 588. The molecule has 0 atom stereocenters. The van der Waals surface area contributed by atoms with E-state index in [1.165, 1.54) is 14.0 Å². The van der Waals surface area contributed by atoms with Gasteiger partial charge in [-0.15, -0.1) is 0 Å². The summed E-state index contributed by atoms with van der Waals surface area (Å²) in [5.74, 6) is -2.52. The zero-order chi connectivity index (χ0) is 16.2. The molecule has 1 aromatic rings. The average Bonchev–Trinajstić information content (AvgIpc) is 2.40. The standard InChI is InChI=1S/C13H15FN2O5/c1-8-6-9(16(20)21)7-10(12(8)14)13(19)15(2)5-3-4-11(17)18/h6-7H,3-5H2,1-2H3,(H,17,18). The number of nitro groups is 1. The van der Waals surface area contributed by atoms with Gasteiger partial charge in [-0.25, -0.2) is 4.39 Å². The lowest BCUT2D eigenvalue weighted by molar-refractivity contribution is -0.385. The molecule has 0 aromatic heterocycles. The summed E-state index contributed by atoms with van der Waals surface area (Å²) in [5, 5.41) is 19.3. The largest absolute Gasteiger partial charge is 0.481 e.